The van der Waals surface area contributed by atoms with E-state index in [2.05, 4.69) is 125 Å². The van der Waals surface area contributed by atoms with Gasteiger partial charge in [0.05, 0.1) is 5.57 Å². The molecular weight excluding hydrogens is 911 g/mol. The average Bonchev–Trinajstić information content (AvgIpc) is 3.24. The van der Waals surface area contributed by atoms with Gasteiger partial charge in [-0.2, -0.15) is 0 Å². The molecule has 0 aliphatic carbocycles. The van der Waals surface area contributed by atoms with Crippen molar-refractivity contribution >= 4 is 27.6 Å². The minimum atomic E-state index is -1.38. The summed E-state index contributed by atoms with van der Waals surface area (Å²) in [5.74, 6) is 3.27. The molecule has 0 bridgehead atoms. The molecule has 2 rings (SSSR count). The molecule has 0 atom stereocenters. The molecule has 0 aromatic heterocycles. The van der Waals surface area contributed by atoms with Crippen molar-refractivity contribution in [2.24, 2.45) is 0 Å². The average molecular weight is 1020 g/mol. The van der Waals surface area contributed by atoms with Crippen molar-refractivity contribution < 1.29 is 22.8 Å². The van der Waals surface area contributed by atoms with E-state index in [1.165, 1.54) is 217 Å². The van der Waals surface area contributed by atoms with E-state index in [0.717, 1.165) is 55.7 Å². The van der Waals surface area contributed by atoms with E-state index in [0.29, 0.717) is 0 Å². The maximum atomic E-state index is 10.3. The molecule has 0 heterocycles. The second-order valence-corrected chi connectivity index (χ2v) is 34.7. The topological polar surface area (TPSA) is 36.4 Å². The molecule has 0 N–H and O–H groups in total. The maximum absolute atomic E-state index is 10.3. The Labute approximate surface area is 416 Å². The molecule has 0 spiro atoms. The Balaban J connectivity index is 0.00000684. The number of allylic oxidation sites excluding steroid dienone is 2. The second kappa shape index (κ2) is 38.3. The van der Waals surface area contributed by atoms with Crippen LogP contribution < -0.4 is 0 Å². The van der Waals surface area contributed by atoms with Crippen LogP contribution in [0.3, 0.4) is 0 Å². The third kappa shape index (κ3) is 31.2. The van der Waals surface area contributed by atoms with E-state index in [-0.39, 0.29) is 0 Å². The Morgan fingerprint density at radius 3 is 1.09 bits per heavy atom. The fourth-order valence-corrected chi connectivity index (χ4v) is 12.4. The predicted octanol–water partition coefficient (Wildman–Crippen LogP) is 20.4. The van der Waals surface area contributed by atoms with Crippen molar-refractivity contribution in [2.75, 3.05) is 0 Å². The van der Waals surface area contributed by atoms with Gasteiger partial charge in [-0.05, 0) is 108 Å². The van der Waals surface area contributed by atoms with Crippen LogP contribution in [-0.2, 0) is 42.9 Å². The fourth-order valence-electron chi connectivity index (χ4n) is 9.50. The molecule has 0 aliphatic heterocycles. The summed E-state index contributed by atoms with van der Waals surface area (Å²) in [5, 5.41) is 4.35. The molecule has 5 heteroatoms. The van der Waals surface area contributed by atoms with Crippen LogP contribution in [0, 0.1) is 0 Å². The van der Waals surface area contributed by atoms with Crippen LogP contribution in [-0.4, -0.2) is 26.8 Å². The van der Waals surface area contributed by atoms with E-state index in [9.17, 15) is 5.53 Å². The van der Waals surface area contributed by atoms with Gasteiger partial charge in [0, 0.05) is 16.1 Å². The van der Waals surface area contributed by atoms with Crippen LogP contribution in [0.5, 0.6) is 0 Å². The molecule has 0 unspecified atom stereocenters. The molecule has 0 amide bonds. The Bertz CT molecular complexity index is 1570. The van der Waals surface area contributed by atoms with Gasteiger partial charge < -0.3 is 5.53 Å². The number of rotatable bonds is 37. The monoisotopic (exact) mass is 1020 g/mol. The Morgan fingerprint density at radius 1 is 0.446 bits per heavy atom. The molecule has 65 heavy (non-hydrogen) atoms. The van der Waals surface area contributed by atoms with Gasteiger partial charge in [0.1, 0.15) is 0 Å². The van der Waals surface area contributed by atoms with Gasteiger partial charge in [-0.3, -0.25) is 0 Å². The van der Waals surface area contributed by atoms with Crippen molar-refractivity contribution in [3.8, 4) is 0 Å². The normalized spacial score (nSPS) is 12.1. The van der Waals surface area contributed by atoms with E-state index >= 15 is 0 Å². The Hall–Kier alpha value is -1.56. The minimum absolute atomic E-state index is 0.919. The van der Waals surface area contributed by atoms with Gasteiger partial charge in [-0.15, -0.1) is 4.79 Å². The molecule has 0 saturated heterocycles. The van der Waals surface area contributed by atoms with E-state index in [1.807, 2.05) is 0 Å². The molecule has 2 nitrogen and oxygen atoms in total. The van der Waals surface area contributed by atoms with Gasteiger partial charge >= 0.3 is 34.6 Å². The first-order valence-corrected chi connectivity index (χ1v) is 38.0. The van der Waals surface area contributed by atoms with Crippen LogP contribution in [0.1, 0.15) is 241 Å². The van der Waals surface area contributed by atoms with E-state index in [4.69, 9.17) is 0 Å². The van der Waals surface area contributed by atoms with Gasteiger partial charge in [-0.25, -0.2) is 0 Å². The first-order valence-electron chi connectivity index (χ1n) is 27.4. The first kappa shape index (κ1) is 61.5. The van der Waals surface area contributed by atoms with Crippen LogP contribution in [0.4, 0.5) is 0 Å². The zero-order valence-corrected chi connectivity index (χ0v) is 48.9. The second-order valence-electron chi connectivity index (χ2n) is 22.2. The number of aryl methyl sites for hydroxylation is 2. The molecule has 2 aromatic rings. The number of nitrogens with zero attached hydrogens (tertiary/aromatic N) is 2. The number of hydrogen-bond donors (Lipinski definition) is 0. The summed E-state index contributed by atoms with van der Waals surface area (Å²) in [6.07, 6.45) is 38.6. The van der Waals surface area contributed by atoms with Crippen LogP contribution in [0.2, 0.25) is 50.1 Å². The van der Waals surface area contributed by atoms with Crippen molar-refractivity contribution in [3.05, 3.63) is 86.5 Å². The number of benzene rings is 2. The quantitative estimate of drug-likeness (QED) is 0.0162. The van der Waals surface area contributed by atoms with Gasteiger partial charge in [0.2, 0.25) is 0 Å². The molecule has 0 aliphatic rings. The van der Waals surface area contributed by atoms with Gasteiger partial charge in [-0.1, -0.05) is 245 Å². The summed E-state index contributed by atoms with van der Waals surface area (Å²) in [6, 6.07) is 17.7. The summed E-state index contributed by atoms with van der Waals surface area (Å²) in [5.41, 5.74) is 23.0. The predicted molar refractivity (Wildman–Crippen MR) is 296 cm³/mol. The Morgan fingerprint density at radius 2 is 0.754 bits per heavy atom. The fraction of sp³-hybridized carbons (Fsp3) is 0.733. The van der Waals surface area contributed by atoms with Crippen LogP contribution in [0.15, 0.2) is 47.5 Å². The van der Waals surface area contributed by atoms with Crippen LogP contribution >= 0.6 is 0 Å². The third-order valence-corrected chi connectivity index (χ3v) is 15.6. The summed E-state index contributed by atoms with van der Waals surface area (Å²) in [7, 11) is -2.77. The van der Waals surface area contributed by atoms with E-state index < -0.39 is 16.1 Å². The molecule has 0 radical (unpaired) electrons. The zero-order chi connectivity index (χ0) is 48.2. The SMILES string of the molecule is CCCCCCCCCCCCCCCCCCC(C(=C=[N+]=[N-])CCCCCCCC)=C(c1cc(CCCC)cc(CCCC)c1)c1cc(C[Si](C)(C)C)cc(C[Si](C)(C)C)c1.[CH3][Pd][CH3]. The van der Waals surface area contributed by atoms with E-state index in [1.54, 1.807) is 0 Å². The first-order chi connectivity index (χ1) is 31.2. The van der Waals surface area contributed by atoms with Crippen LogP contribution in [0.25, 0.3) is 11.1 Å². The summed E-state index contributed by atoms with van der Waals surface area (Å²) in [6.45, 7) is 24.4. The molecule has 0 fully saturated rings. The summed E-state index contributed by atoms with van der Waals surface area (Å²) >= 11 is 0.950. The number of unbranched alkanes of at least 4 members (excludes halogenated alkanes) is 22. The van der Waals surface area contributed by atoms with Crippen molar-refractivity contribution in [3.63, 3.8) is 0 Å². The third-order valence-electron chi connectivity index (χ3n) is 12.7. The molecule has 2 aromatic carbocycles. The van der Waals surface area contributed by atoms with Crippen molar-refractivity contribution in [2.45, 2.75) is 282 Å². The van der Waals surface area contributed by atoms with Gasteiger partial charge in [0.15, 0.2) is 0 Å². The molecular formula is C60H106N2PdSi2. The molecule has 374 valence electrons. The zero-order valence-electron chi connectivity index (χ0n) is 45.3. The Kier molecular flexibility index (Phi) is 36.2. The summed E-state index contributed by atoms with van der Waals surface area (Å²) < 4.78 is 0. The van der Waals surface area contributed by atoms with Crippen molar-refractivity contribution in [1.82, 2.24) is 0 Å². The van der Waals surface area contributed by atoms with Gasteiger partial charge in [0.25, 0.3) is 0 Å². The number of hydrogen-bond acceptors (Lipinski definition) is 0. The standard InChI is InChI=1S/C58H100N2Si2.2CH3.Pd/c1-11-15-19-21-23-24-25-26-27-28-29-30-31-32-34-36-40-57(54(47-60-59)39-35-33-22-20-16-12-2)58(55-43-50(37-17-13-3)41-51(44-55)38-18-14-4)56-45-52(48-61(5,6)7)42-53(46-56)49-62(8,9)10;;;/h41-46H,11-40,48-49H2,1-10H3;2*1H3;. The summed E-state index contributed by atoms with van der Waals surface area (Å²) in [4.78, 5) is 3.72. The molecule has 0 saturated carbocycles. The van der Waals surface area contributed by atoms with Crippen molar-refractivity contribution in [1.29, 1.82) is 0 Å².